The van der Waals surface area contributed by atoms with Gasteiger partial charge in [0, 0.05) is 29.6 Å². The molecule has 5 nitrogen and oxygen atoms in total. The summed E-state index contributed by atoms with van der Waals surface area (Å²) in [7, 11) is 0. The van der Waals surface area contributed by atoms with Gasteiger partial charge in [-0.3, -0.25) is 15.1 Å². The Hall–Kier alpha value is -1.72. The minimum Gasteiger partial charge on any atom is -0.263 e. The Balaban J connectivity index is 2.69. The van der Waals surface area contributed by atoms with E-state index in [0.717, 1.165) is 0 Å². The fraction of sp³-hybridized carbons (Fsp3) is 0.0909. The Kier molecular flexibility index (Phi) is 3.45. The number of rotatable bonds is 2. The Bertz CT molecular complexity index is 632. The number of halogens is 2. The van der Waals surface area contributed by atoms with Crippen molar-refractivity contribution in [1.29, 1.82) is 0 Å². The van der Waals surface area contributed by atoms with Crippen LogP contribution in [-0.4, -0.2) is 14.9 Å². The highest BCUT2D eigenvalue weighted by molar-refractivity contribution is 6.35. The quantitative estimate of drug-likeness (QED) is 0.479. The molecule has 0 saturated carbocycles. The van der Waals surface area contributed by atoms with Crippen molar-refractivity contribution in [3.05, 3.63) is 50.5 Å². The van der Waals surface area contributed by atoms with Gasteiger partial charge in [0.1, 0.15) is 10.8 Å². The van der Waals surface area contributed by atoms with Crippen molar-refractivity contribution in [3.8, 4) is 11.1 Å². The number of aromatic nitrogens is 2. The van der Waals surface area contributed by atoms with Gasteiger partial charge in [-0.05, 0) is 13.0 Å². The number of nitrogens with zero attached hydrogens (tertiary/aromatic N) is 3. The van der Waals surface area contributed by atoms with Gasteiger partial charge in [-0.1, -0.05) is 23.2 Å². The van der Waals surface area contributed by atoms with E-state index in [2.05, 4.69) is 9.97 Å². The van der Waals surface area contributed by atoms with E-state index in [-0.39, 0.29) is 16.5 Å². The fourth-order valence-electron chi connectivity index (χ4n) is 1.53. The molecule has 0 N–H and O–H groups in total. The molecule has 0 amide bonds. The molecule has 2 aromatic heterocycles. The highest BCUT2D eigenvalue weighted by Gasteiger charge is 2.18. The van der Waals surface area contributed by atoms with Gasteiger partial charge < -0.3 is 0 Å². The van der Waals surface area contributed by atoms with Crippen LogP contribution in [0.4, 0.5) is 5.69 Å². The van der Waals surface area contributed by atoms with Crippen molar-refractivity contribution in [2.75, 3.05) is 0 Å². The lowest BCUT2D eigenvalue weighted by Gasteiger charge is -2.07. The SMILES string of the molecule is Cc1nc(Cl)c(-c2ccncc2Cl)cc1[N+](=O)[O-]. The third kappa shape index (κ3) is 2.27. The smallest absolute Gasteiger partial charge is 0.263 e. The molecule has 0 aromatic carbocycles. The van der Waals surface area contributed by atoms with Crippen LogP contribution in [0.5, 0.6) is 0 Å². The molecule has 0 saturated heterocycles. The van der Waals surface area contributed by atoms with E-state index < -0.39 is 4.92 Å². The molecule has 0 spiro atoms. The summed E-state index contributed by atoms with van der Waals surface area (Å²) in [6.45, 7) is 1.53. The van der Waals surface area contributed by atoms with E-state index in [4.69, 9.17) is 23.2 Å². The summed E-state index contributed by atoms with van der Waals surface area (Å²) in [6.07, 6.45) is 2.97. The number of hydrogen-bond acceptors (Lipinski definition) is 4. The lowest BCUT2D eigenvalue weighted by Crippen LogP contribution is -1.96. The molecule has 2 heterocycles. The van der Waals surface area contributed by atoms with Crippen molar-refractivity contribution in [1.82, 2.24) is 9.97 Å². The van der Waals surface area contributed by atoms with Crippen molar-refractivity contribution in [3.63, 3.8) is 0 Å². The zero-order chi connectivity index (χ0) is 13.3. The summed E-state index contributed by atoms with van der Waals surface area (Å²) in [4.78, 5) is 18.2. The molecule has 0 aliphatic carbocycles. The molecule has 0 radical (unpaired) electrons. The van der Waals surface area contributed by atoms with Crippen LogP contribution in [0.1, 0.15) is 5.69 Å². The fourth-order valence-corrected chi connectivity index (χ4v) is 2.04. The van der Waals surface area contributed by atoms with Gasteiger partial charge in [-0.25, -0.2) is 4.98 Å². The largest absolute Gasteiger partial charge is 0.291 e. The summed E-state index contributed by atoms with van der Waals surface area (Å²) < 4.78 is 0. The average Bonchev–Trinajstić information content (AvgIpc) is 2.30. The van der Waals surface area contributed by atoms with E-state index in [1.165, 1.54) is 25.4 Å². The van der Waals surface area contributed by atoms with Gasteiger partial charge in [-0.15, -0.1) is 0 Å². The standard InChI is InChI=1S/C11H7Cl2N3O2/c1-6-10(16(17)18)4-8(11(13)15-6)7-2-3-14-5-9(7)12/h2-5H,1H3. The first-order chi connectivity index (χ1) is 8.50. The zero-order valence-corrected chi connectivity index (χ0v) is 10.7. The van der Waals surface area contributed by atoms with Crippen LogP contribution < -0.4 is 0 Å². The highest BCUT2D eigenvalue weighted by atomic mass is 35.5. The van der Waals surface area contributed by atoms with Crippen LogP contribution in [-0.2, 0) is 0 Å². The molecule has 7 heteroatoms. The minimum atomic E-state index is -0.503. The van der Waals surface area contributed by atoms with Gasteiger partial charge >= 0.3 is 0 Å². The summed E-state index contributed by atoms with van der Waals surface area (Å²) in [5.41, 5.74) is 1.15. The molecular formula is C11H7Cl2N3O2. The lowest BCUT2D eigenvalue weighted by molar-refractivity contribution is -0.385. The van der Waals surface area contributed by atoms with E-state index in [0.29, 0.717) is 16.1 Å². The Morgan fingerprint density at radius 1 is 1.33 bits per heavy atom. The molecule has 18 heavy (non-hydrogen) atoms. The second-order valence-electron chi connectivity index (χ2n) is 3.54. The Morgan fingerprint density at radius 2 is 2.06 bits per heavy atom. The zero-order valence-electron chi connectivity index (χ0n) is 9.22. The summed E-state index contributed by atoms with van der Waals surface area (Å²) >= 11 is 12.0. The first-order valence-corrected chi connectivity index (χ1v) is 5.67. The normalized spacial score (nSPS) is 10.4. The van der Waals surface area contributed by atoms with Crippen LogP contribution in [0.3, 0.4) is 0 Å². The van der Waals surface area contributed by atoms with Crippen LogP contribution in [0.25, 0.3) is 11.1 Å². The maximum atomic E-state index is 10.9. The van der Waals surface area contributed by atoms with Gasteiger partial charge in [0.15, 0.2) is 0 Å². The van der Waals surface area contributed by atoms with Crippen LogP contribution >= 0.6 is 23.2 Å². The van der Waals surface area contributed by atoms with Crippen LogP contribution in [0.2, 0.25) is 10.2 Å². The number of nitro groups is 1. The number of aryl methyl sites for hydroxylation is 1. The Morgan fingerprint density at radius 3 is 2.67 bits per heavy atom. The second kappa shape index (κ2) is 4.88. The lowest BCUT2D eigenvalue weighted by atomic mass is 10.1. The van der Waals surface area contributed by atoms with Crippen molar-refractivity contribution < 1.29 is 4.92 Å². The van der Waals surface area contributed by atoms with E-state index in [9.17, 15) is 10.1 Å². The number of pyridine rings is 2. The number of hydrogen-bond donors (Lipinski definition) is 0. The summed E-state index contributed by atoms with van der Waals surface area (Å²) in [5.74, 6) is 0. The van der Waals surface area contributed by atoms with Gasteiger partial charge in [-0.2, -0.15) is 0 Å². The molecule has 2 aromatic rings. The van der Waals surface area contributed by atoms with E-state index >= 15 is 0 Å². The molecule has 2 rings (SSSR count). The molecule has 0 bridgehead atoms. The molecule has 0 aliphatic rings. The maximum Gasteiger partial charge on any atom is 0.291 e. The van der Waals surface area contributed by atoms with E-state index in [1.54, 1.807) is 6.07 Å². The van der Waals surface area contributed by atoms with E-state index in [1.807, 2.05) is 0 Å². The van der Waals surface area contributed by atoms with Gasteiger partial charge in [0.05, 0.1) is 9.95 Å². The van der Waals surface area contributed by atoms with Gasteiger partial charge in [0.25, 0.3) is 5.69 Å². The van der Waals surface area contributed by atoms with Crippen LogP contribution in [0, 0.1) is 17.0 Å². The average molecular weight is 284 g/mol. The third-order valence-electron chi connectivity index (χ3n) is 2.40. The third-order valence-corrected chi connectivity index (χ3v) is 2.99. The van der Waals surface area contributed by atoms with Crippen molar-refractivity contribution >= 4 is 28.9 Å². The topological polar surface area (TPSA) is 68.9 Å². The van der Waals surface area contributed by atoms with Crippen molar-refractivity contribution in [2.24, 2.45) is 0 Å². The minimum absolute atomic E-state index is 0.0951. The van der Waals surface area contributed by atoms with Crippen molar-refractivity contribution in [2.45, 2.75) is 6.92 Å². The summed E-state index contributed by atoms with van der Waals surface area (Å²) in [5, 5.41) is 11.4. The summed E-state index contributed by atoms with van der Waals surface area (Å²) in [6, 6.07) is 3.00. The molecule has 0 fully saturated rings. The second-order valence-corrected chi connectivity index (χ2v) is 4.31. The van der Waals surface area contributed by atoms with Crippen LogP contribution in [0.15, 0.2) is 24.5 Å². The first-order valence-electron chi connectivity index (χ1n) is 4.92. The molecule has 92 valence electrons. The molecule has 0 atom stereocenters. The Labute approximate surface area is 113 Å². The van der Waals surface area contributed by atoms with Gasteiger partial charge in [0.2, 0.25) is 0 Å². The first kappa shape index (κ1) is 12.7. The predicted octanol–water partition coefficient (Wildman–Crippen LogP) is 3.67. The monoisotopic (exact) mass is 283 g/mol. The predicted molar refractivity (Wildman–Crippen MR) is 68.9 cm³/mol. The molecule has 0 aliphatic heterocycles. The highest BCUT2D eigenvalue weighted by Crippen LogP contribution is 2.34. The maximum absolute atomic E-state index is 10.9. The molecule has 0 unspecified atom stereocenters. The molecular weight excluding hydrogens is 277 g/mol.